The second-order valence-corrected chi connectivity index (χ2v) is 11.8. The van der Waals surface area contributed by atoms with Crippen molar-refractivity contribution in [1.29, 1.82) is 5.26 Å². The quantitative estimate of drug-likeness (QED) is 0.383. The number of hydrogen-bond acceptors (Lipinski definition) is 9. The average Bonchev–Trinajstić information content (AvgIpc) is 3.55. The Morgan fingerprint density at radius 3 is 2.67 bits per heavy atom. The van der Waals surface area contributed by atoms with Gasteiger partial charge in [0.25, 0.3) is 0 Å². The lowest BCUT2D eigenvalue weighted by Gasteiger charge is -2.36. The van der Waals surface area contributed by atoms with Crippen molar-refractivity contribution in [2.45, 2.75) is 45.2 Å². The summed E-state index contributed by atoms with van der Waals surface area (Å²) in [6, 6.07) is 8.76. The van der Waals surface area contributed by atoms with Gasteiger partial charge in [-0.1, -0.05) is 26.0 Å². The number of anilines is 4. The van der Waals surface area contributed by atoms with E-state index in [4.69, 9.17) is 10.5 Å². The van der Waals surface area contributed by atoms with Crippen LogP contribution in [0.25, 0.3) is 0 Å². The molecular formula is C30H40N8O2. The number of amides is 1. The second-order valence-electron chi connectivity index (χ2n) is 11.8. The van der Waals surface area contributed by atoms with Crippen molar-refractivity contribution in [3.63, 3.8) is 0 Å². The molecule has 10 heteroatoms. The van der Waals surface area contributed by atoms with Crippen LogP contribution in [-0.4, -0.2) is 66.7 Å². The fourth-order valence-electron chi connectivity index (χ4n) is 6.15. The van der Waals surface area contributed by atoms with Gasteiger partial charge in [-0.05, 0) is 63.2 Å². The van der Waals surface area contributed by atoms with Gasteiger partial charge in [0, 0.05) is 36.9 Å². The van der Waals surface area contributed by atoms with Crippen LogP contribution in [0.5, 0.6) is 5.75 Å². The molecule has 5 rings (SSSR count). The number of piperidine rings is 1. The predicted molar refractivity (Wildman–Crippen MR) is 157 cm³/mol. The topological polar surface area (TPSA) is 132 Å². The molecule has 2 aromatic rings. The molecule has 2 heterocycles. The van der Waals surface area contributed by atoms with Gasteiger partial charge in [-0.15, -0.1) is 0 Å². The van der Waals surface area contributed by atoms with Crippen LogP contribution in [-0.2, 0) is 4.79 Å². The molecule has 2 bridgehead atoms. The molecule has 4 atom stereocenters. The number of nitrogens with two attached hydrogens (primary N) is 1. The van der Waals surface area contributed by atoms with Gasteiger partial charge < -0.3 is 30.9 Å². The molecule has 0 unspecified atom stereocenters. The summed E-state index contributed by atoms with van der Waals surface area (Å²) in [5.74, 6) is 1.45. The number of carbonyl (C=O) groups is 1. The molecule has 0 spiro atoms. The molecule has 1 saturated carbocycles. The zero-order valence-corrected chi connectivity index (χ0v) is 23.8. The molecule has 2 fully saturated rings. The molecule has 4 N–H and O–H groups in total. The highest BCUT2D eigenvalue weighted by molar-refractivity contribution is 5.80. The molecule has 1 aromatic carbocycles. The van der Waals surface area contributed by atoms with Crippen LogP contribution >= 0.6 is 0 Å². The van der Waals surface area contributed by atoms with Crippen molar-refractivity contribution in [1.82, 2.24) is 14.9 Å². The molecule has 1 amide bonds. The van der Waals surface area contributed by atoms with E-state index in [1.165, 1.54) is 6.20 Å². The molecule has 3 aliphatic rings. The Labute approximate surface area is 236 Å². The maximum Gasteiger partial charge on any atom is 0.229 e. The zero-order valence-electron chi connectivity index (χ0n) is 23.8. The minimum absolute atomic E-state index is 0.123. The van der Waals surface area contributed by atoms with E-state index in [0.29, 0.717) is 35.9 Å². The highest BCUT2D eigenvalue weighted by Gasteiger charge is 2.47. The standard InChI is InChI=1S/C30H40N8O2/c1-18(2)17-40-25-14-23(38-11-9-22(10-12-38)37(3)4)7-8-24(25)34-30-33-16-21(15-31)29(36-30)35-27-20-6-5-19(13-20)26(27)28(32)39/h5-8,14,16,18-20,22,26-27H,9-13,17H2,1-4H3,(H2,32,39)(H2,33,34,35,36)/t19-,20+,26+,27-/m1/s1. The third-order valence-electron chi connectivity index (χ3n) is 8.34. The van der Waals surface area contributed by atoms with Crippen LogP contribution in [0, 0.1) is 35.0 Å². The fraction of sp³-hybridized carbons (Fsp3) is 0.533. The fourth-order valence-corrected chi connectivity index (χ4v) is 6.15. The molecule has 0 radical (unpaired) electrons. The highest BCUT2D eigenvalue weighted by atomic mass is 16.5. The highest BCUT2D eigenvalue weighted by Crippen LogP contribution is 2.45. The van der Waals surface area contributed by atoms with Crippen LogP contribution in [0.3, 0.4) is 0 Å². The van der Waals surface area contributed by atoms with Gasteiger partial charge in [0.2, 0.25) is 11.9 Å². The number of carbonyl (C=O) groups excluding carboxylic acids is 1. The second kappa shape index (κ2) is 11.7. The normalized spacial score (nSPS) is 24.0. The van der Waals surface area contributed by atoms with E-state index in [1.54, 1.807) is 0 Å². The van der Waals surface area contributed by atoms with E-state index < -0.39 is 0 Å². The summed E-state index contributed by atoms with van der Waals surface area (Å²) < 4.78 is 6.24. The Morgan fingerprint density at radius 2 is 2.00 bits per heavy atom. The monoisotopic (exact) mass is 544 g/mol. The number of benzene rings is 1. The smallest absolute Gasteiger partial charge is 0.229 e. The van der Waals surface area contributed by atoms with Crippen LogP contribution in [0.1, 0.15) is 38.7 Å². The molecular weight excluding hydrogens is 504 g/mol. The third-order valence-corrected chi connectivity index (χ3v) is 8.34. The van der Waals surface area contributed by atoms with Gasteiger partial charge >= 0.3 is 0 Å². The Hall–Kier alpha value is -3.84. The van der Waals surface area contributed by atoms with E-state index in [0.717, 1.165) is 49.5 Å². The Bertz CT molecular complexity index is 1300. The number of allylic oxidation sites excluding steroid dienone is 1. The minimum Gasteiger partial charge on any atom is -0.491 e. The first kappa shape index (κ1) is 27.7. The summed E-state index contributed by atoms with van der Waals surface area (Å²) in [5, 5.41) is 16.4. The first-order valence-corrected chi connectivity index (χ1v) is 14.2. The summed E-state index contributed by atoms with van der Waals surface area (Å²) in [7, 11) is 4.30. The Morgan fingerprint density at radius 1 is 1.25 bits per heavy atom. The van der Waals surface area contributed by atoms with Crippen molar-refractivity contribution in [3.05, 3.63) is 42.1 Å². The summed E-state index contributed by atoms with van der Waals surface area (Å²) >= 11 is 0. The van der Waals surface area contributed by atoms with E-state index in [1.807, 2.05) is 6.07 Å². The molecule has 10 nitrogen and oxygen atoms in total. The molecule has 1 aliphatic heterocycles. The number of hydrogen-bond donors (Lipinski definition) is 3. The lowest BCUT2D eigenvalue weighted by atomic mass is 9.88. The van der Waals surface area contributed by atoms with E-state index in [-0.39, 0.29) is 29.7 Å². The largest absolute Gasteiger partial charge is 0.491 e. The number of rotatable bonds is 10. The van der Waals surface area contributed by atoms with E-state index >= 15 is 0 Å². The summed E-state index contributed by atoms with van der Waals surface area (Å²) in [5.41, 5.74) is 7.94. The van der Waals surface area contributed by atoms with Crippen molar-refractivity contribution < 1.29 is 9.53 Å². The third kappa shape index (κ3) is 5.85. The lowest BCUT2D eigenvalue weighted by Crippen LogP contribution is -2.41. The molecule has 40 heavy (non-hydrogen) atoms. The Kier molecular flexibility index (Phi) is 8.12. The van der Waals surface area contributed by atoms with Crippen LogP contribution in [0.15, 0.2) is 36.5 Å². The summed E-state index contributed by atoms with van der Waals surface area (Å²) in [6.45, 7) is 6.81. The summed E-state index contributed by atoms with van der Waals surface area (Å²) in [6.07, 6.45) is 8.81. The number of fused-ring (bicyclic) bond motifs is 2. The Balaban J connectivity index is 1.37. The molecule has 1 aromatic heterocycles. The van der Waals surface area contributed by atoms with Crippen molar-refractivity contribution >= 4 is 29.0 Å². The number of aromatic nitrogens is 2. The van der Waals surface area contributed by atoms with Gasteiger partial charge in [0.1, 0.15) is 23.2 Å². The van der Waals surface area contributed by atoms with Crippen molar-refractivity contribution in [3.8, 4) is 11.8 Å². The van der Waals surface area contributed by atoms with Gasteiger partial charge in [-0.3, -0.25) is 4.79 Å². The lowest BCUT2D eigenvalue weighted by molar-refractivity contribution is -0.122. The van der Waals surface area contributed by atoms with Gasteiger partial charge in [0.15, 0.2) is 0 Å². The van der Waals surface area contributed by atoms with Crippen LogP contribution in [0.2, 0.25) is 0 Å². The first-order valence-electron chi connectivity index (χ1n) is 14.2. The molecule has 2 aliphatic carbocycles. The number of nitrogens with zero attached hydrogens (tertiary/aromatic N) is 5. The SMILES string of the molecule is CC(C)COc1cc(N2CCC(N(C)C)CC2)ccc1Nc1ncc(C#N)c(N[C@H]2[C@@H](C(N)=O)[C@@H]3C=C[C@H]2C3)n1. The van der Waals surface area contributed by atoms with Gasteiger partial charge in [-0.25, -0.2) is 4.98 Å². The van der Waals surface area contributed by atoms with Crippen molar-refractivity contribution in [2.75, 3.05) is 49.3 Å². The predicted octanol–water partition coefficient (Wildman–Crippen LogP) is 3.74. The number of primary amides is 1. The summed E-state index contributed by atoms with van der Waals surface area (Å²) in [4.78, 5) is 26.0. The molecule has 1 saturated heterocycles. The maximum atomic E-state index is 12.2. The number of ether oxygens (including phenoxy) is 1. The van der Waals surface area contributed by atoms with Crippen molar-refractivity contribution in [2.24, 2.45) is 29.4 Å². The number of nitriles is 1. The number of nitrogens with one attached hydrogen (secondary N) is 2. The zero-order chi connectivity index (χ0) is 28.4. The van der Waals surface area contributed by atoms with Gasteiger partial charge in [-0.2, -0.15) is 10.2 Å². The van der Waals surface area contributed by atoms with Gasteiger partial charge in [0.05, 0.1) is 24.4 Å². The molecule has 212 valence electrons. The minimum atomic E-state index is -0.335. The van der Waals surface area contributed by atoms with E-state index in [9.17, 15) is 10.1 Å². The first-order chi connectivity index (χ1) is 19.2. The van der Waals surface area contributed by atoms with E-state index in [2.05, 4.69) is 88.7 Å². The average molecular weight is 545 g/mol. The van der Waals surface area contributed by atoms with Crippen LogP contribution in [0.4, 0.5) is 23.1 Å². The maximum absolute atomic E-state index is 12.2. The van der Waals surface area contributed by atoms with Crippen LogP contribution < -0.4 is 26.0 Å².